The number of carbonyl (C=O) groups is 1. The van der Waals surface area contributed by atoms with E-state index in [1.165, 1.54) is 16.8 Å². The molecule has 0 aliphatic carbocycles. The minimum Gasteiger partial charge on any atom is -0.459 e. The van der Waals surface area contributed by atoms with Gasteiger partial charge < -0.3 is 13.7 Å². The second-order valence-corrected chi connectivity index (χ2v) is 9.42. The van der Waals surface area contributed by atoms with Gasteiger partial charge in [0.05, 0.1) is 5.92 Å². The summed E-state index contributed by atoms with van der Waals surface area (Å²) in [6, 6.07) is 9.45. The van der Waals surface area contributed by atoms with Crippen molar-refractivity contribution in [1.29, 1.82) is 0 Å². The fourth-order valence-electron chi connectivity index (χ4n) is 3.46. The third-order valence-corrected chi connectivity index (χ3v) is 7.18. The van der Waals surface area contributed by atoms with Crippen molar-refractivity contribution in [3.05, 3.63) is 54.3 Å². The Morgan fingerprint density at radius 2 is 1.90 bits per heavy atom. The fourth-order valence-corrected chi connectivity index (χ4v) is 4.96. The van der Waals surface area contributed by atoms with Gasteiger partial charge in [-0.25, -0.2) is 18.4 Å². The van der Waals surface area contributed by atoms with Crippen LogP contribution in [0.15, 0.2) is 52.2 Å². The second-order valence-electron chi connectivity index (χ2n) is 7.53. The largest absolute Gasteiger partial charge is 0.459 e. The van der Waals surface area contributed by atoms with E-state index in [9.17, 15) is 13.2 Å². The van der Waals surface area contributed by atoms with E-state index in [1.54, 1.807) is 18.5 Å². The lowest BCUT2D eigenvalue weighted by Gasteiger charge is -2.29. The molecule has 1 fully saturated rings. The number of imidazole rings is 1. The molecular formula is C21H24N4O5S. The van der Waals surface area contributed by atoms with Crippen molar-refractivity contribution >= 4 is 16.0 Å². The molecule has 1 saturated heterocycles. The number of nitrogens with zero attached hydrogens (tertiary/aromatic N) is 4. The molecular weight excluding hydrogens is 420 g/mol. The van der Waals surface area contributed by atoms with E-state index in [4.69, 9.17) is 9.15 Å². The zero-order valence-electron chi connectivity index (χ0n) is 17.4. The smallest absolute Gasteiger partial charge is 0.309 e. The Kier molecular flexibility index (Phi) is 5.92. The van der Waals surface area contributed by atoms with Gasteiger partial charge in [-0.3, -0.25) is 4.79 Å². The number of piperidine rings is 1. The summed E-state index contributed by atoms with van der Waals surface area (Å²) in [7, 11) is -1.91. The maximum atomic E-state index is 12.8. The molecule has 0 atom stereocenters. The van der Waals surface area contributed by atoms with Crippen LogP contribution in [0.4, 0.5) is 0 Å². The van der Waals surface area contributed by atoms with Crippen LogP contribution in [-0.2, 0) is 33.2 Å². The molecule has 0 unspecified atom stereocenters. The van der Waals surface area contributed by atoms with Gasteiger partial charge in [0.15, 0.2) is 5.03 Å². The van der Waals surface area contributed by atoms with Crippen LogP contribution in [-0.4, -0.2) is 46.3 Å². The Labute approximate surface area is 180 Å². The SMILES string of the molecule is Cc1nc(S(=O)(=O)N2CCC(C(=O)OCc3coc(-c4ccccc4)n3)CC2)cn1C. The number of hydrogen-bond acceptors (Lipinski definition) is 7. The lowest BCUT2D eigenvalue weighted by atomic mass is 9.98. The summed E-state index contributed by atoms with van der Waals surface area (Å²) in [5.74, 6) is 0.391. The van der Waals surface area contributed by atoms with Crippen LogP contribution >= 0.6 is 0 Å². The Morgan fingerprint density at radius 1 is 1.19 bits per heavy atom. The Balaban J connectivity index is 1.30. The van der Waals surface area contributed by atoms with Gasteiger partial charge in [-0.05, 0) is 31.9 Å². The zero-order chi connectivity index (χ0) is 22.0. The number of sulfonamides is 1. The standard InChI is InChI=1S/C21H24N4O5S/c1-15-22-19(12-24(15)2)31(27,28)25-10-8-17(9-11-25)21(26)30-14-18-13-29-20(23-18)16-6-4-3-5-7-16/h3-7,12-13,17H,8-11,14H2,1-2H3. The molecule has 0 bridgehead atoms. The molecule has 3 aromatic rings. The molecule has 31 heavy (non-hydrogen) atoms. The highest BCUT2D eigenvalue weighted by Crippen LogP contribution is 2.25. The van der Waals surface area contributed by atoms with Crippen molar-refractivity contribution in [3.63, 3.8) is 0 Å². The number of aryl methyl sites for hydroxylation is 2. The molecule has 164 valence electrons. The Bertz CT molecular complexity index is 1140. The van der Waals surface area contributed by atoms with E-state index >= 15 is 0 Å². The summed E-state index contributed by atoms with van der Waals surface area (Å²) in [6.45, 7) is 2.26. The summed E-state index contributed by atoms with van der Waals surface area (Å²) in [4.78, 5) is 20.9. The molecule has 0 radical (unpaired) electrons. The molecule has 0 spiro atoms. The maximum Gasteiger partial charge on any atom is 0.309 e. The summed E-state index contributed by atoms with van der Waals surface area (Å²) in [5.41, 5.74) is 1.37. The molecule has 9 nitrogen and oxygen atoms in total. The number of esters is 1. The number of ether oxygens (including phenoxy) is 1. The summed E-state index contributed by atoms with van der Waals surface area (Å²) >= 11 is 0. The van der Waals surface area contributed by atoms with Gasteiger partial charge in [0.2, 0.25) is 5.89 Å². The number of aromatic nitrogens is 3. The molecule has 1 aromatic carbocycles. The summed E-state index contributed by atoms with van der Waals surface area (Å²) in [6.07, 6.45) is 3.78. The van der Waals surface area contributed by atoms with Crippen molar-refractivity contribution in [2.75, 3.05) is 13.1 Å². The van der Waals surface area contributed by atoms with Crippen molar-refractivity contribution in [2.45, 2.75) is 31.4 Å². The van der Waals surface area contributed by atoms with Crippen molar-refractivity contribution in [3.8, 4) is 11.5 Å². The molecule has 0 saturated carbocycles. The predicted molar refractivity (Wildman–Crippen MR) is 111 cm³/mol. The first-order valence-corrected chi connectivity index (χ1v) is 11.4. The van der Waals surface area contributed by atoms with Crippen LogP contribution in [0.5, 0.6) is 0 Å². The van der Waals surface area contributed by atoms with Gasteiger partial charge in [0.1, 0.15) is 24.4 Å². The lowest BCUT2D eigenvalue weighted by Crippen LogP contribution is -2.40. The van der Waals surface area contributed by atoms with Gasteiger partial charge in [-0.2, -0.15) is 4.31 Å². The number of hydrogen-bond donors (Lipinski definition) is 0. The monoisotopic (exact) mass is 444 g/mol. The molecule has 0 N–H and O–H groups in total. The first-order valence-electron chi connectivity index (χ1n) is 10.0. The Hall–Kier alpha value is -2.98. The minimum atomic E-state index is -3.66. The minimum absolute atomic E-state index is 0.0148. The van der Waals surface area contributed by atoms with Crippen LogP contribution in [0, 0.1) is 12.8 Å². The number of rotatable bonds is 6. The van der Waals surface area contributed by atoms with Crippen molar-refractivity contribution in [1.82, 2.24) is 18.8 Å². The van der Waals surface area contributed by atoms with Gasteiger partial charge in [-0.1, -0.05) is 18.2 Å². The number of carbonyl (C=O) groups excluding carboxylic acids is 1. The zero-order valence-corrected chi connectivity index (χ0v) is 18.2. The lowest BCUT2D eigenvalue weighted by molar-refractivity contribution is -0.151. The molecule has 0 amide bonds. The highest BCUT2D eigenvalue weighted by atomic mass is 32.2. The first kappa shape index (κ1) is 21.3. The molecule has 4 rings (SSSR count). The third-order valence-electron chi connectivity index (χ3n) is 5.41. The van der Waals surface area contributed by atoms with E-state index in [0.717, 1.165) is 5.56 Å². The number of oxazole rings is 1. The maximum absolute atomic E-state index is 12.8. The highest BCUT2D eigenvalue weighted by Gasteiger charge is 2.34. The van der Waals surface area contributed by atoms with E-state index in [0.29, 0.717) is 30.3 Å². The van der Waals surface area contributed by atoms with Crippen LogP contribution in [0.1, 0.15) is 24.4 Å². The van der Waals surface area contributed by atoms with Gasteiger partial charge in [-0.15, -0.1) is 0 Å². The summed E-state index contributed by atoms with van der Waals surface area (Å²) in [5, 5.41) is 0.0359. The molecule has 2 aromatic heterocycles. The predicted octanol–water partition coefficient (Wildman–Crippen LogP) is 2.53. The Morgan fingerprint density at radius 3 is 2.55 bits per heavy atom. The van der Waals surface area contributed by atoms with Crippen molar-refractivity contribution in [2.24, 2.45) is 13.0 Å². The molecule has 1 aliphatic rings. The van der Waals surface area contributed by atoms with Gasteiger partial charge in [0.25, 0.3) is 10.0 Å². The average molecular weight is 445 g/mol. The quantitative estimate of drug-likeness (QED) is 0.538. The van der Waals surface area contributed by atoms with Crippen LogP contribution in [0.2, 0.25) is 0 Å². The van der Waals surface area contributed by atoms with Gasteiger partial charge >= 0.3 is 5.97 Å². The number of benzene rings is 1. The normalized spacial score (nSPS) is 15.8. The third kappa shape index (κ3) is 4.54. The van der Waals surface area contributed by atoms with E-state index in [1.807, 2.05) is 30.3 Å². The molecule has 1 aliphatic heterocycles. The van der Waals surface area contributed by atoms with E-state index < -0.39 is 10.0 Å². The molecule has 10 heteroatoms. The highest BCUT2D eigenvalue weighted by molar-refractivity contribution is 7.89. The van der Waals surface area contributed by atoms with Gasteiger partial charge in [0, 0.05) is 31.9 Å². The van der Waals surface area contributed by atoms with Crippen molar-refractivity contribution < 1.29 is 22.4 Å². The van der Waals surface area contributed by atoms with Crippen LogP contribution in [0.25, 0.3) is 11.5 Å². The topological polar surface area (TPSA) is 108 Å². The van der Waals surface area contributed by atoms with E-state index in [2.05, 4.69) is 9.97 Å². The van der Waals surface area contributed by atoms with Crippen LogP contribution in [0.3, 0.4) is 0 Å². The van der Waals surface area contributed by atoms with E-state index in [-0.39, 0.29) is 36.6 Å². The fraction of sp³-hybridized carbons (Fsp3) is 0.381. The first-order chi connectivity index (χ1) is 14.8. The molecule has 3 heterocycles. The second kappa shape index (κ2) is 8.64. The van der Waals surface area contributed by atoms with Crippen LogP contribution < -0.4 is 0 Å². The average Bonchev–Trinajstić information content (AvgIpc) is 3.40. The summed E-state index contributed by atoms with van der Waals surface area (Å²) < 4.78 is 39.4.